The van der Waals surface area contributed by atoms with Gasteiger partial charge in [-0.1, -0.05) is 27.7 Å². The number of aromatic amines is 1. The van der Waals surface area contributed by atoms with Crippen molar-refractivity contribution in [1.29, 1.82) is 0 Å². The van der Waals surface area contributed by atoms with Crippen LogP contribution in [-0.2, 0) is 0 Å². The molecule has 58 valence electrons. The Morgan fingerprint density at radius 1 is 1.40 bits per heavy atom. The summed E-state index contributed by atoms with van der Waals surface area (Å²) in [5, 5.41) is 6.48. The highest BCUT2D eigenvalue weighted by molar-refractivity contribution is 4.86. The summed E-state index contributed by atoms with van der Waals surface area (Å²) in [5.74, 6) is 1.41. The van der Waals surface area contributed by atoms with Gasteiger partial charge >= 0.3 is 0 Å². The molecular formula is C7H15N3. The van der Waals surface area contributed by atoms with Crippen LogP contribution in [0.2, 0.25) is 0 Å². The summed E-state index contributed by atoms with van der Waals surface area (Å²) in [6.45, 7) is 8.14. The van der Waals surface area contributed by atoms with E-state index in [1.807, 2.05) is 13.8 Å². The molecule has 1 heterocycles. The average Bonchev–Trinajstić information content (AvgIpc) is 2.42. The van der Waals surface area contributed by atoms with Gasteiger partial charge in [-0.25, -0.2) is 4.98 Å². The first-order valence-corrected chi connectivity index (χ1v) is 3.66. The van der Waals surface area contributed by atoms with Crippen LogP contribution >= 0.6 is 0 Å². The van der Waals surface area contributed by atoms with E-state index in [0.29, 0.717) is 5.92 Å². The first kappa shape index (κ1) is 9.14. The van der Waals surface area contributed by atoms with Crippen molar-refractivity contribution in [3.05, 3.63) is 12.2 Å². The summed E-state index contributed by atoms with van der Waals surface area (Å²) in [5.41, 5.74) is 0. The normalized spacial score (nSPS) is 8.90. The Hall–Kier alpha value is -0.860. The van der Waals surface area contributed by atoms with Crippen molar-refractivity contribution in [3.8, 4) is 0 Å². The second-order valence-corrected chi connectivity index (χ2v) is 2.03. The molecule has 0 amide bonds. The number of nitrogens with one attached hydrogen (secondary N) is 1. The Morgan fingerprint density at radius 2 is 2.00 bits per heavy atom. The summed E-state index contributed by atoms with van der Waals surface area (Å²) in [6, 6.07) is 0. The molecule has 0 saturated heterocycles. The molecule has 0 unspecified atom stereocenters. The molecule has 0 aliphatic rings. The number of H-pyrrole nitrogens is 1. The van der Waals surface area contributed by atoms with Crippen LogP contribution in [0.1, 0.15) is 39.4 Å². The predicted octanol–water partition coefficient (Wildman–Crippen LogP) is 1.95. The molecule has 0 aromatic carbocycles. The summed E-state index contributed by atoms with van der Waals surface area (Å²) in [6.07, 6.45) is 1.52. The van der Waals surface area contributed by atoms with Gasteiger partial charge in [-0.05, 0) is 0 Å². The highest BCUT2D eigenvalue weighted by atomic mass is 15.2. The number of hydrogen-bond acceptors (Lipinski definition) is 2. The van der Waals surface area contributed by atoms with Gasteiger partial charge in [0.05, 0.1) is 0 Å². The second kappa shape index (κ2) is 4.97. The number of aromatic nitrogens is 3. The molecule has 0 saturated carbocycles. The summed E-state index contributed by atoms with van der Waals surface area (Å²) in [4.78, 5) is 3.95. The molecule has 0 aliphatic heterocycles. The van der Waals surface area contributed by atoms with E-state index in [-0.39, 0.29) is 0 Å². The standard InChI is InChI=1S/C5H9N3.C2H6/c1-4(2)5-6-3-7-8-5;1-2/h3-4H,1-2H3,(H,6,7,8);1-2H3. The van der Waals surface area contributed by atoms with Gasteiger partial charge in [-0.15, -0.1) is 0 Å². The molecule has 0 bridgehead atoms. The average molecular weight is 141 g/mol. The van der Waals surface area contributed by atoms with Crippen LogP contribution in [0, 0.1) is 0 Å². The Labute approximate surface area is 61.9 Å². The maximum Gasteiger partial charge on any atom is 0.137 e. The molecule has 10 heavy (non-hydrogen) atoms. The van der Waals surface area contributed by atoms with E-state index in [9.17, 15) is 0 Å². The lowest BCUT2D eigenvalue weighted by Crippen LogP contribution is -1.88. The van der Waals surface area contributed by atoms with Crippen molar-refractivity contribution >= 4 is 0 Å². The van der Waals surface area contributed by atoms with E-state index in [0.717, 1.165) is 5.82 Å². The third kappa shape index (κ3) is 2.62. The maximum absolute atomic E-state index is 3.95. The molecule has 3 heteroatoms. The maximum atomic E-state index is 3.95. The van der Waals surface area contributed by atoms with Crippen LogP contribution in [0.4, 0.5) is 0 Å². The largest absolute Gasteiger partial charge is 0.263 e. The van der Waals surface area contributed by atoms with Gasteiger partial charge in [0, 0.05) is 5.92 Å². The third-order valence-corrected chi connectivity index (χ3v) is 0.981. The highest BCUT2D eigenvalue weighted by Gasteiger charge is 1.97. The number of nitrogens with zero attached hydrogens (tertiary/aromatic N) is 2. The predicted molar refractivity (Wildman–Crippen MR) is 41.8 cm³/mol. The lowest BCUT2D eigenvalue weighted by atomic mass is 10.2. The van der Waals surface area contributed by atoms with Gasteiger partial charge in [0.15, 0.2) is 0 Å². The SMILES string of the molecule is CC.CC(C)c1ncn[nH]1. The van der Waals surface area contributed by atoms with Gasteiger partial charge in [-0.2, -0.15) is 5.10 Å². The minimum Gasteiger partial charge on any atom is -0.263 e. The van der Waals surface area contributed by atoms with Gasteiger partial charge in [-0.3, -0.25) is 5.10 Å². The molecule has 1 aromatic rings. The summed E-state index contributed by atoms with van der Waals surface area (Å²) in [7, 11) is 0. The monoisotopic (exact) mass is 141 g/mol. The van der Waals surface area contributed by atoms with Crippen LogP contribution in [0.15, 0.2) is 6.33 Å². The van der Waals surface area contributed by atoms with Crippen molar-refractivity contribution in [2.24, 2.45) is 0 Å². The fraction of sp³-hybridized carbons (Fsp3) is 0.714. The van der Waals surface area contributed by atoms with Gasteiger partial charge in [0.25, 0.3) is 0 Å². The molecule has 0 radical (unpaired) electrons. The fourth-order valence-corrected chi connectivity index (χ4v) is 0.493. The molecule has 0 aliphatic carbocycles. The van der Waals surface area contributed by atoms with Crippen LogP contribution in [-0.4, -0.2) is 15.2 Å². The van der Waals surface area contributed by atoms with Gasteiger partial charge < -0.3 is 0 Å². The Kier molecular flexibility index (Phi) is 4.54. The summed E-state index contributed by atoms with van der Waals surface area (Å²) < 4.78 is 0. The van der Waals surface area contributed by atoms with E-state index in [1.165, 1.54) is 6.33 Å². The zero-order valence-corrected chi connectivity index (χ0v) is 7.05. The minimum atomic E-state index is 0.456. The van der Waals surface area contributed by atoms with Gasteiger partial charge in [0.1, 0.15) is 12.2 Å². The number of hydrogen-bond donors (Lipinski definition) is 1. The summed E-state index contributed by atoms with van der Waals surface area (Å²) >= 11 is 0. The van der Waals surface area contributed by atoms with Crippen molar-refractivity contribution in [2.45, 2.75) is 33.6 Å². The van der Waals surface area contributed by atoms with Crippen molar-refractivity contribution in [2.75, 3.05) is 0 Å². The molecule has 1 aromatic heterocycles. The molecule has 1 rings (SSSR count). The topological polar surface area (TPSA) is 41.6 Å². The number of rotatable bonds is 1. The molecule has 1 N–H and O–H groups in total. The van der Waals surface area contributed by atoms with E-state index in [1.54, 1.807) is 0 Å². The van der Waals surface area contributed by atoms with E-state index in [2.05, 4.69) is 29.0 Å². The highest BCUT2D eigenvalue weighted by Crippen LogP contribution is 2.04. The smallest absolute Gasteiger partial charge is 0.137 e. The van der Waals surface area contributed by atoms with Crippen LogP contribution in [0.5, 0.6) is 0 Å². The van der Waals surface area contributed by atoms with Crippen LogP contribution in [0.25, 0.3) is 0 Å². The van der Waals surface area contributed by atoms with E-state index >= 15 is 0 Å². The zero-order chi connectivity index (χ0) is 7.98. The Morgan fingerprint density at radius 3 is 2.20 bits per heavy atom. The van der Waals surface area contributed by atoms with Crippen molar-refractivity contribution < 1.29 is 0 Å². The fourth-order valence-electron chi connectivity index (χ4n) is 0.493. The molecule has 0 spiro atoms. The van der Waals surface area contributed by atoms with E-state index < -0.39 is 0 Å². The first-order chi connectivity index (χ1) is 4.80. The van der Waals surface area contributed by atoms with Crippen LogP contribution < -0.4 is 0 Å². The van der Waals surface area contributed by atoms with Crippen molar-refractivity contribution in [1.82, 2.24) is 15.2 Å². The van der Waals surface area contributed by atoms with Crippen molar-refractivity contribution in [3.63, 3.8) is 0 Å². The Balaban J connectivity index is 0.000000371. The van der Waals surface area contributed by atoms with Gasteiger partial charge in [0.2, 0.25) is 0 Å². The molecular weight excluding hydrogens is 126 g/mol. The van der Waals surface area contributed by atoms with Crippen LogP contribution in [0.3, 0.4) is 0 Å². The lowest BCUT2D eigenvalue weighted by molar-refractivity contribution is 0.781. The molecule has 0 atom stereocenters. The second-order valence-electron chi connectivity index (χ2n) is 2.03. The Bertz CT molecular complexity index is 144. The van der Waals surface area contributed by atoms with E-state index in [4.69, 9.17) is 0 Å². The third-order valence-electron chi connectivity index (χ3n) is 0.981. The molecule has 0 fully saturated rings. The lowest BCUT2D eigenvalue weighted by Gasteiger charge is -1.93. The minimum absolute atomic E-state index is 0.456. The first-order valence-electron chi connectivity index (χ1n) is 3.66. The molecule has 3 nitrogen and oxygen atoms in total. The zero-order valence-electron chi connectivity index (χ0n) is 7.05. The quantitative estimate of drug-likeness (QED) is 0.649.